The van der Waals surface area contributed by atoms with E-state index in [1.165, 1.54) is 16.7 Å². The molecule has 3 aromatic rings. The third-order valence-electron chi connectivity index (χ3n) is 2.14. The number of halogens is 1. The highest BCUT2D eigenvalue weighted by molar-refractivity contribution is 7.23. The summed E-state index contributed by atoms with van der Waals surface area (Å²) in [7, 11) is 0. The van der Waals surface area contributed by atoms with Crippen LogP contribution in [0.3, 0.4) is 0 Å². The van der Waals surface area contributed by atoms with Crippen LogP contribution in [-0.2, 0) is 0 Å². The molecule has 0 saturated heterocycles. The Bertz CT molecular complexity index is 618. The Morgan fingerprint density at radius 1 is 1.21 bits per heavy atom. The van der Waals surface area contributed by atoms with Crippen LogP contribution in [0, 0.1) is 0 Å². The number of rotatable bonds is 0. The van der Waals surface area contributed by atoms with Gasteiger partial charge in [-0.3, -0.25) is 4.98 Å². The van der Waals surface area contributed by atoms with Crippen molar-refractivity contribution in [3.63, 3.8) is 0 Å². The van der Waals surface area contributed by atoms with E-state index in [-0.39, 0.29) is 0 Å². The van der Waals surface area contributed by atoms with Crippen LogP contribution in [-0.4, -0.2) is 9.97 Å². The van der Waals surface area contributed by atoms with Gasteiger partial charge in [0.15, 0.2) is 4.47 Å². The largest absolute Gasteiger partial charge is 0.264 e. The molecule has 0 saturated carbocycles. The molecule has 0 aliphatic carbocycles. The number of thiazole rings is 1. The Labute approximate surface area is 89.2 Å². The van der Waals surface area contributed by atoms with Gasteiger partial charge < -0.3 is 0 Å². The normalized spacial score (nSPS) is 11.2. The van der Waals surface area contributed by atoms with Gasteiger partial charge in [-0.25, -0.2) is 4.98 Å². The summed E-state index contributed by atoms with van der Waals surface area (Å²) >= 11 is 7.38. The van der Waals surface area contributed by atoms with Crippen molar-refractivity contribution in [2.24, 2.45) is 0 Å². The van der Waals surface area contributed by atoms with Crippen LogP contribution in [0.15, 0.2) is 30.6 Å². The molecule has 0 amide bonds. The SMILES string of the molecule is Clc1nc2ccc3cnccc3c2s1. The number of benzene rings is 1. The molecular weight excluding hydrogens is 216 g/mol. The van der Waals surface area contributed by atoms with Crippen molar-refractivity contribution in [3.05, 3.63) is 35.1 Å². The fourth-order valence-corrected chi connectivity index (χ4v) is 2.67. The summed E-state index contributed by atoms with van der Waals surface area (Å²) in [6.07, 6.45) is 3.64. The second-order valence-corrected chi connectivity index (χ2v) is 4.56. The second-order valence-electron chi connectivity index (χ2n) is 2.98. The van der Waals surface area contributed by atoms with E-state index in [2.05, 4.69) is 9.97 Å². The van der Waals surface area contributed by atoms with E-state index in [9.17, 15) is 0 Å². The maximum atomic E-state index is 5.88. The third-order valence-corrected chi connectivity index (χ3v) is 3.35. The van der Waals surface area contributed by atoms with Crippen molar-refractivity contribution in [3.8, 4) is 0 Å². The van der Waals surface area contributed by atoms with Gasteiger partial charge in [0.25, 0.3) is 0 Å². The van der Waals surface area contributed by atoms with Crippen molar-refractivity contribution in [2.45, 2.75) is 0 Å². The average molecular weight is 221 g/mol. The van der Waals surface area contributed by atoms with Gasteiger partial charge in [0, 0.05) is 23.2 Å². The van der Waals surface area contributed by atoms with Crippen LogP contribution >= 0.6 is 22.9 Å². The van der Waals surface area contributed by atoms with Gasteiger partial charge in [-0.1, -0.05) is 17.7 Å². The predicted molar refractivity (Wildman–Crippen MR) is 59.9 cm³/mol. The van der Waals surface area contributed by atoms with Crippen molar-refractivity contribution in [2.75, 3.05) is 0 Å². The van der Waals surface area contributed by atoms with Crippen LogP contribution in [0.5, 0.6) is 0 Å². The molecule has 0 spiro atoms. The zero-order valence-electron chi connectivity index (χ0n) is 7.07. The lowest BCUT2D eigenvalue weighted by atomic mass is 10.2. The molecule has 0 fully saturated rings. The molecule has 68 valence electrons. The maximum Gasteiger partial charge on any atom is 0.184 e. The summed E-state index contributed by atoms with van der Waals surface area (Å²) in [5.74, 6) is 0. The van der Waals surface area contributed by atoms with E-state index in [1.54, 1.807) is 6.20 Å². The molecule has 3 rings (SSSR count). The first-order chi connectivity index (χ1) is 6.84. The smallest absolute Gasteiger partial charge is 0.184 e. The van der Waals surface area contributed by atoms with E-state index in [0.717, 1.165) is 15.6 Å². The molecule has 14 heavy (non-hydrogen) atoms. The molecule has 2 nitrogen and oxygen atoms in total. The summed E-state index contributed by atoms with van der Waals surface area (Å²) in [5.41, 5.74) is 0.957. The van der Waals surface area contributed by atoms with Crippen LogP contribution < -0.4 is 0 Å². The zero-order chi connectivity index (χ0) is 9.54. The molecule has 2 aromatic heterocycles. The Hall–Kier alpha value is -1.19. The van der Waals surface area contributed by atoms with Gasteiger partial charge in [-0.2, -0.15) is 0 Å². The highest BCUT2D eigenvalue weighted by Gasteiger charge is 2.05. The molecule has 2 heterocycles. The summed E-state index contributed by atoms with van der Waals surface area (Å²) < 4.78 is 1.72. The Morgan fingerprint density at radius 3 is 3.07 bits per heavy atom. The maximum absolute atomic E-state index is 5.88. The van der Waals surface area contributed by atoms with E-state index >= 15 is 0 Å². The van der Waals surface area contributed by atoms with Gasteiger partial charge in [-0.05, 0) is 12.1 Å². The number of hydrogen-bond donors (Lipinski definition) is 0. The molecule has 0 aliphatic heterocycles. The standard InChI is InChI=1S/C10H5ClN2S/c11-10-13-8-2-1-6-5-12-4-3-7(6)9(8)14-10/h1-5H. The fourth-order valence-electron chi connectivity index (χ4n) is 1.53. The average Bonchev–Trinajstić information content (AvgIpc) is 2.59. The van der Waals surface area contributed by atoms with Gasteiger partial charge in [-0.15, -0.1) is 11.3 Å². The first-order valence-corrected chi connectivity index (χ1v) is 5.33. The number of fused-ring (bicyclic) bond motifs is 3. The van der Waals surface area contributed by atoms with Gasteiger partial charge in [0.05, 0.1) is 10.2 Å². The van der Waals surface area contributed by atoms with E-state index < -0.39 is 0 Å². The minimum atomic E-state index is 0.587. The van der Waals surface area contributed by atoms with Crippen molar-refractivity contribution in [1.82, 2.24) is 9.97 Å². The molecule has 4 heteroatoms. The van der Waals surface area contributed by atoms with Crippen LogP contribution in [0.2, 0.25) is 4.47 Å². The molecule has 0 radical (unpaired) electrons. The Morgan fingerprint density at radius 2 is 2.14 bits per heavy atom. The minimum absolute atomic E-state index is 0.587. The number of nitrogens with zero attached hydrogens (tertiary/aromatic N) is 2. The quantitative estimate of drug-likeness (QED) is 0.580. The molecular formula is C10H5ClN2S. The summed E-state index contributed by atoms with van der Waals surface area (Å²) in [6, 6.07) is 5.98. The van der Waals surface area contributed by atoms with E-state index in [0.29, 0.717) is 4.47 Å². The number of hydrogen-bond acceptors (Lipinski definition) is 3. The van der Waals surface area contributed by atoms with Crippen LogP contribution in [0.25, 0.3) is 21.0 Å². The van der Waals surface area contributed by atoms with Crippen molar-refractivity contribution >= 4 is 43.9 Å². The van der Waals surface area contributed by atoms with Crippen LogP contribution in [0.1, 0.15) is 0 Å². The van der Waals surface area contributed by atoms with Crippen molar-refractivity contribution < 1.29 is 0 Å². The highest BCUT2D eigenvalue weighted by atomic mass is 35.5. The predicted octanol–water partition coefficient (Wildman–Crippen LogP) is 3.50. The molecule has 0 bridgehead atoms. The Balaban J connectivity index is 2.60. The molecule has 0 atom stereocenters. The zero-order valence-corrected chi connectivity index (χ0v) is 8.64. The van der Waals surface area contributed by atoms with Gasteiger partial charge in [0.1, 0.15) is 0 Å². The third kappa shape index (κ3) is 1.10. The first kappa shape index (κ1) is 8.15. The van der Waals surface area contributed by atoms with Crippen LogP contribution in [0.4, 0.5) is 0 Å². The highest BCUT2D eigenvalue weighted by Crippen LogP contribution is 2.31. The monoisotopic (exact) mass is 220 g/mol. The second kappa shape index (κ2) is 2.90. The lowest BCUT2D eigenvalue weighted by molar-refractivity contribution is 1.37. The lowest BCUT2D eigenvalue weighted by Crippen LogP contribution is -1.75. The Kier molecular flexibility index (Phi) is 1.69. The number of pyridine rings is 1. The topological polar surface area (TPSA) is 25.8 Å². The van der Waals surface area contributed by atoms with Gasteiger partial charge >= 0.3 is 0 Å². The van der Waals surface area contributed by atoms with E-state index in [4.69, 9.17) is 11.6 Å². The molecule has 0 unspecified atom stereocenters. The first-order valence-electron chi connectivity index (χ1n) is 4.13. The van der Waals surface area contributed by atoms with Gasteiger partial charge in [0.2, 0.25) is 0 Å². The number of aromatic nitrogens is 2. The van der Waals surface area contributed by atoms with E-state index in [1.807, 2.05) is 24.4 Å². The minimum Gasteiger partial charge on any atom is -0.264 e. The summed E-state index contributed by atoms with van der Waals surface area (Å²) in [5, 5.41) is 2.29. The summed E-state index contributed by atoms with van der Waals surface area (Å²) in [4.78, 5) is 8.30. The van der Waals surface area contributed by atoms with Crippen molar-refractivity contribution in [1.29, 1.82) is 0 Å². The molecule has 0 aliphatic rings. The molecule has 0 N–H and O–H groups in total. The fraction of sp³-hybridized carbons (Fsp3) is 0. The summed E-state index contributed by atoms with van der Waals surface area (Å²) in [6.45, 7) is 0. The molecule has 1 aromatic carbocycles. The lowest BCUT2D eigenvalue weighted by Gasteiger charge is -1.95.